The Balaban J connectivity index is 1.78. The molecule has 1 aliphatic rings. The number of aromatic nitrogens is 3. The number of allylic oxidation sites excluding steroid dienone is 1. The van der Waals surface area contributed by atoms with E-state index in [1.807, 2.05) is 69.5 Å². The van der Waals surface area contributed by atoms with Crippen LogP contribution in [0.2, 0.25) is 5.02 Å². The van der Waals surface area contributed by atoms with E-state index in [2.05, 4.69) is 20.7 Å². The third-order valence-electron chi connectivity index (χ3n) is 5.08. The van der Waals surface area contributed by atoms with Crippen molar-refractivity contribution in [3.63, 3.8) is 0 Å². The number of carbonyl (C=O) groups excluding carboxylic acids is 1. The van der Waals surface area contributed by atoms with Crippen molar-refractivity contribution >= 4 is 40.9 Å². The lowest BCUT2D eigenvalue weighted by Gasteiger charge is -2.29. The summed E-state index contributed by atoms with van der Waals surface area (Å²) in [6.45, 7) is 5.90. The average molecular weight is 440 g/mol. The van der Waals surface area contributed by atoms with Gasteiger partial charge in [0.25, 0.3) is 5.91 Å². The minimum Gasteiger partial charge on any atom is -0.328 e. The van der Waals surface area contributed by atoms with Gasteiger partial charge in [-0.2, -0.15) is 4.98 Å². The summed E-state index contributed by atoms with van der Waals surface area (Å²) in [6.07, 6.45) is 1.92. The molecule has 0 saturated carbocycles. The molecule has 0 aliphatic carbocycles. The molecule has 1 unspecified atom stereocenters. The minimum atomic E-state index is -0.419. The largest absolute Gasteiger partial charge is 0.328 e. The van der Waals surface area contributed by atoms with E-state index in [9.17, 15) is 4.79 Å². The van der Waals surface area contributed by atoms with Crippen LogP contribution in [0.5, 0.6) is 0 Å². The molecule has 0 spiro atoms. The summed E-state index contributed by atoms with van der Waals surface area (Å²) < 4.78 is 1.76. The molecule has 0 fully saturated rings. The van der Waals surface area contributed by atoms with Gasteiger partial charge in [0, 0.05) is 16.4 Å². The predicted octanol–water partition coefficient (Wildman–Crippen LogP) is 5.20. The molecule has 1 aliphatic heterocycles. The Morgan fingerprint density at radius 3 is 2.57 bits per heavy atom. The van der Waals surface area contributed by atoms with Crippen LogP contribution in [0.3, 0.4) is 0 Å². The summed E-state index contributed by atoms with van der Waals surface area (Å²) in [7, 11) is 0. The number of aryl methyl sites for hydroxylation is 2. The number of fused-ring (bicyclic) bond motifs is 1. The summed E-state index contributed by atoms with van der Waals surface area (Å²) in [5.74, 6) is 0.429. The second-order valence-electron chi connectivity index (χ2n) is 7.26. The van der Waals surface area contributed by atoms with Crippen LogP contribution < -0.4 is 10.6 Å². The highest BCUT2D eigenvalue weighted by atomic mass is 35.5. The van der Waals surface area contributed by atoms with Gasteiger partial charge in [-0.15, -0.1) is 5.10 Å². The number of nitrogens with zero attached hydrogens (tertiary/aromatic N) is 3. The SMILES string of the molecule is CSc1nc2n(n1)C(c1ccc(Cl)cc1)C(C(=O)Nc1ccc(C)cc1C)=C(C)N2. The second-order valence-corrected chi connectivity index (χ2v) is 8.47. The second kappa shape index (κ2) is 8.16. The van der Waals surface area contributed by atoms with Crippen LogP contribution in [0.4, 0.5) is 11.6 Å². The van der Waals surface area contributed by atoms with E-state index in [-0.39, 0.29) is 5.91 Å². The monoisotopic (exact) mass is 439 g/mol. The number of amides is 1. The number of thioether (sulfide) groups is 1. The normalized spacial score (nSPS) is 15.6. The van der Waals surface area contributed by atoms with Gasteiger partial charge in [0.05, 0.1) is 5.57 Å². The summed E-state index contributed by atoms with van der Waals surface area (Å²) in [5.41, 5.74) is 5.18. The van der Waals surface area contributed by atoms with Crippen molar-refractivity contribution in [3.8, 4) is 0 Å². The number of anilines is 2. The van der Waals surface area contributed by atoms with Gasteiger partial charge in [0.2, 0.25) is 11.1 Å². The van der Waals surface area contributed by atoms with E-state index >= 15 is 0 Å². The zero-order chi connectivity index (χ0) is 21.4. The van der Waals surface area contributed by atoms with E-state index in [1.165, 1.54) is 11.8 Å². The van der Waals surface area contributed by atoms with Crippen LogP contribution in [-0.4, -0.2) is 26.9 Å². The molecule has 3 aromatic rings. The first-order valence-electron chi connectivity index (χ1n) is 9.49. The first-order valence-corrected chi connectivity index (χ1v) is 11.1. The van der Waals surface area contributed by atoms with Gasteiger partial charge in [0.15, 0.2) is 0 Å². The Labute approximate surface area is 184 Å². The highest BCUT2D eigenvalue weighted by Crippen LogP contribution is 2.37. The summed E-state index contributed by atoms with van der Waals surface area (Å²) in [4.78, 5) is 18.0. The van der Waals surface area contributed by atoms with Gasteiger partial charge in [0.1, 0.15) is 6.04 Å². The van der Waals surface area contributed by atoms with E-state index in [4.69, 9.17) is 11.6 Å². The van der Waals surface area contributed by atoms with Gasteiger partial charge in [-0.1, -0.05) is 53.2 Å². The van der Waals surface area contributed by atoms with Crippen LogP contribution in [0, 0.1) is 13.8 Å². The maximum absolute atomic E-state index is 13.5. The zero-order valence-electron chi connectivity index (χ0n) is 17.2. The van der Waals surface area contributed by atoms with E-state index < -0.39 is 6.04 Å². The van der Waals surface area contributed by atoms with Crippen LogP contribution >= 0.6 is 23.4 Å². The molecular weight excluding hydrogens is 418 g/mol. The average Bonchev–Trinajstić information content (AvgIpc) is 3.12. The van der Waals surface area contributed by atoms with Crippen molar-refractivity contribution in [1.29, 1.82) is 0 Å². The molecular formula is C22H22ClN5OS. The molecule has 154 valence electrons. The maximum atomic E-state index is 13.5. The molecule has 2 heterocycles. The van der Waals surface area contributed by atoms with E-state index in [1.54, 1.807) is 4.68 Å². The van der Waals surface area contributed by atoms with E-state index in [0.29, 0.717) is 21.7 Å². The molecule has 1 amide bonds. The first-order chi connectivity index (χ1) is 14.4. The van der Waals surface area contributed by atoms with Crippen molar-refractivity contribution < 1.29 is 4.79 Å². The Morgan fingerprint density at radius 1 is 1.17 bits per heavy atom. The third kappa shape index (κ3) is 3.82. The van der Waals surface area contributed by atoms with Crippen molar-refractivity contribution in [2.75, 3.05) is 16.9 Å². The van der Waals surface area contributed by atoms with Crippen molar-refractivity contribution in [1.82, 2.24) is 14.8 Å². The molecule has 4 rings (SSSR count). The standard InChI is InChI=1S/C22H22ClN5OS/c1-12-5-10-17(13(2)11-12)25-20(29)18-14(3)24-21-26-22(30-4)27-28(21)19(18)15-6-8-16(23)9-7-15/h5-11,19H,1-4H3,(H,25,29)(H,24,26,27). The van der Waals surface area contributed by atoms with Gasteiger partial charge in [-0.05, 0) is 56.4 Å². The molecule has 6 nitrogen and oxygen atoms in total. The quantitative estimate of drug-likeness (QED) is 0.547. The molecule has 0 saturated heterocycles. The topological polar surface area (TPSA) is 71.8 Å². The molecule has 1 aromatic heterocycles. The Bertz CT molecular complexity index is 1150. The van der Waals surface area contributed by atoms with Gasteiger partial charge >= 0.3 is 0 Å². The molecule has 2 aromatic carbocycles. The Kier molecular flexibility index (Phi) is 5.58. The molecule has 0 bridgehead atoms. The maximum Gasteiger partial charge on any atom is 0.255 e. The highest BCUT2D eigenvalue weighted by Gasteiger charge is 2.34. The Morgan fingerprint density at radius 2 is 1.90 bits per heavy atom. The number of nitrogens with one attached hydrogen (secondary N) is 2. The van der Waals surface area contributed by atoms with Crippen molar-refractivity contribution in [3.05, 3.63) is 75.4 Å². The fraction of sp³-hybridized carbons (Fsp3) is 0.227. The fourth-order valence-corrected chi connectivity index (χ4v) is 4.08. The van der Waals surface area contributed by atoms with Crippen molar-refractivity contribution in [2.24, 2.45) is 0 Å². The summed E-state index contributed by atoms with van der Waals surface area (Å²) >= 11 is 7.56. The lowest BCUT2D eigenvalue weighted by atomic mass is 9.95. The highest BCUT2D eigenvalue weighted by molar-refractivity contribution is 7.98. The number of hydrogen-bond donors (Lipinski definition) is 2. The summed E-state index contributed by atoms with van der Waals surface area (Å²) in [5, 5.41) is 12.2. The van der Waals surface area contributed by atoms with Crippen LogP contribution in [-0.2, 0) is 4.79 Å². The molecule has 30 heavy (non-hydrogen) atoms. The number of carbonyl (C=O) groups is 1. The number of halogens is 1. The van der Waals surface area contributed by atoms with Crippen LogP contribution in [0.1, 0.15) is 29.7 Å². The van der Waals surface area contributed by atoms with Gasteiger partial charge in [-0.3, -0.25) is 4.79 Å². The number of hydrogen-bond acceptors (Lipinski definition) is 5. The molecule has 8 heteroatoms. The Hall–Kier alpha value is -2.77. The molecule has 1 atom stereocenters. The van der Waals surface area contributed by atoms with E-state index in [0.717, 1.165) is 28.1 Å². The van der Waals surface area contributed by atoms with Crippen LogP contribution in [0.25, 0.3) is 0 Å². The fourth-order valence-electron chi connectivity index (χ4n) is 3.61. The molecule has 2 N–H and O–H groups in total. The molecule has 0 radical (unpaired) electrons. The van der Waals surface area contributed by atoms with Gasteiger partial charge in [-0.25, -0.2) is 4.68 Å². The summed E-state index contributed by atoms with van der Waals surface area (Å²) in [6, 6.07) is 13.0. The van der Waals surface area contributed by atoms with Crippen molar-refractivity contribution in [2.45, 2.75) is 32.0 Å². The lowest BCUT2D eigenvalue weighted by molar-refractivity contribution is -0.113. The zero-order valence-corrected chi connectivity index (χ0v) is 18.7. The third-order valence-corrected chi connectivity index (χ3v) is 5.87. The van der Waals surface area contributed by atoms with Gasteiger partial charge < -0.3 is 10.6 Å². The first kappa shape index (κ1) is 20.5. The lowest BCUT2D eigenvalue weighted by Crippen LogP contribution is -2.31. The predicted molar refractivity (Wildman–Crippen MR) is 122 cm³/mol. The minimum absolute atomic E-state index is 0.182. The number of rotatable bonds is 4. The van der Waals surface area contributed by atoms with Crippen LogP contribution in [0.15, 0.2) is 58.9 Å². The smallest absolute Gasteiger partial charge is 0.255 e. The number of benzene rings is 2.